The van der Waals surface area contributed by atoms with Crippen molar-refractivity contribution in [1.29, 1.82) is 0 Å². The first-order valence-corrected chi connectivity index (χ1v) is 7.10. The molecule has 0 bridgehead atoms. The average Bonchev–Trinajstić information content (AvgIpc) is 2.61. The molecule has 0 aliphatic rings. The minimum atomic E-state index is 0.410. The van der Waals surface area contributed by atoms with E-state index in [1.54, 1.807) is 66.8 Å². The molecule has 0 aliphatic heterocycles. The van der Waals surface area contributed by atoms with Crippen LogP contribution in [0.5, 0.6) is 11.5 Å². The maximum Gasteiger partial charge on any atom is 0.170 e. The van der Waals surface area contributed by atoms with Crippen molar-refractivity contribution in [3.8, 4) is 11.5 Å². The maximum absolute atomic E-state index is 10.9. The standard InChI is InChI=1S/C21H18O3/c1-3-5-7-9-11-15-23-20-14-13-19(18-22)17-21(20)24-16-12-10-8-6-4-2/h4-11,13-18H,1-2H2/b8-6-,9-7-,15-11+. The van der Waals surface area contributed by atoms with Crippen LogP contribution in [0.3, 0.4) is 0 Å². The third kappa shape index (κ3) is 7.48. The third-order valence-electron chi connectivity index (χ3n) is 2.51. The molecule has 0 heterocycles. The van der Waals surface area contributed by atoms with E-state index >= 15 is 0 Å². The monoisotopic (exact) mass is 318 g/mol. The van der Waals surface area contributed by atoms with Gasteiger partial charge in [0.25, 0.3) is 0 Å². The Hall–Kier alpha value is -3.51. The van der Waals surface area contributed by atoms with Crippen molar-refractivity contribution >= 4 is 6.29 Å². The minimum Gasteiger partial charge on any atom is -0.461 e. The topological polar surface area (TPSA) is 35.5 Å². The van der Waals surface area contributed by atoms with E-state index in [1.807, 2.05) is 0 Å². The lowest BCUT2D eigenvalue weighted by atomic mass is 10.2. The first-order valence-electron chi connectivity index (χ1n) is 7.10. The van der Waals surface area contributed by atoms with Gasteiger partial charge < -0.3 is 9.47 Å². The number of carbonyl (C=O) groups is 1. The van der Waals surface area contributed by atoms with Gasteiger partial charge in [0, 0.05) is 5.56 Å². The van der Waals surface area contributed by atoms with Crippen molar-refractivity contribution < 1.29 is 14.3 Å². The van der Waals surface area contributed by atoms with Crippen molar-refractivity contribution in [3.63, 3.8) is 0 Å². The molecule has 3 heteroatoms. The van der Waals surface area contributed by atoms with Crippen LogP contribution < -0.4 is 9.47 Å². The summed E-state index contributed by atoms with van der Waals surface area (Å²) in [6, 6.07) is 4.89. The fourth-order valence-corrected chi connectivity index (χ4v) is 1.46. The van der Waals surface area contributed by atoms with Gasteiger partial charge >= 0.3 is 0 Å². The van der Waals surface area contributed by atoms with Gasteiger partial charge in [-0.25, -0.2) is 0 Å². The predicted octanol–water partition coefficient (Wildman–Crippen LogP) is 5.08. The molecule has 0 radical (unpaired) electrons. The molecule has 0 saturated heterocycles. The number of allylic oxidation sites excluding steroid dienone is 8. The molecule has 1 aromatic carbocycles. The lowest BCUT2D eigenvalue weighted by Crippen LogP contribution is -1.90. The van der Waals surface area contributed by atoms with Crippen LogP contribution in [0.1, 0.15) is 10.4 Å². The Labute approximate surface area is 142 Å². The number of ether oxygens (including phenoxy) is 2. The maximum atomic E-state index is 10.9. The molecule has 0 N–H and O–H groups in total. The fraction of sp³-hybridized carbons (Fsp3) is 0. The smallest absolute Gasteiger partial charge is 0.170 e. The Morgan fingerprint density at radius 2 is 1.79 bits per heavy atom. The number of hydrogen-bond acceptors (Lipinski definition) is 3. The van der Waals surface area contributed by atoms with Gasteiger partial charge in [0.05, 0.1) is 6.26 Å². The summed E-state index contributed by atoms with van der Waals surface area (Å²) in [5.74, 6) is 0.886. The highest BCUT2D eigenvalue weighted by Crippen LogP contribution is 2.28. The average molecular weight is 318 g/mol. The largest absolute Gasteiger partial charge is 0.461 e. The van der Waals surface area contributed by atoms with Gasteiger partial charge in [-0.2, -0.15) is 0 Å². The number of rotatable bonds is 9. The molecular weight excluding hydrogens is 300 g/mol. The number of benzene rings is 1. The Morgan fingerprint density at radius 1 is 0.958 bits per heavy atom. The van der Waals surface area contributed by atoms with Gasteiger partial charge in [0.1, 0.15) is 12.5 Å². The molecule has 0 spiro atoms. The van der Waals surface area contributed by atoms with E-state index in [4.69, 9.17) is 9.47 Å². The fourth-order valence-electron chi connectivity index (χ4n) is 1.46. The zero-order valence-electron chi connectivity index (χ0n) is 13.2. The van der Waals surface area contributed by atoms with Gasteiger partial charge in [-0.05, 0) is 36.4 Å². The summed E-state index contributed by atoms with van der Waals surface area (Å²) in [7, 11) is 0. The van der Waals surface area contributed by atoms with Crippen LogP contribution in [-0.2, 0) is 0 Å². The summed E-state index contributed by atoms with van der Waals surface area (Å²) >= 11 is 0. The molecule has 3 nitrogen and oxygen atoms in total. The molecule has 24 heavy (non-hydrogen) atoms. The second-order valence-electron chi connectivity index (χ2n) is 4.22. The third-order valence-corrected chi connectivity index (χ3v) is 2.51. The molecule has 1 aromatic rings. The number of hydrogen-bond donors (Lipinski definition) is 0. The molecule has 0 aromatic heterocycles. The van der Waals surface area contributed by atoms with Crippen LogP contribution in [0.15, 0.2) is 104 Å². The second-order valence-corrected chi connectivity index (χ2v) is 4.22. The molecule has 0 saturated carbocycles. The lowest BCUT2D eigenvalue weighted by molar-refractivity contribution is 0.112. The molecule has 1 rings (SSSR count). The van der Waals surface area contributed by atoms with Gasteiger partial charge in [0.2, 0.25) is 0 Å². The van der Waals surface area contributed by atoms with E-state index in [9.17, 15) is 4.79 Å². The van der Waals surface area contributed by atoms with Crippen molar-refractivity contribution in [2.75, 3.05) is 0 Å². The zero-order valence-corrected chi connectivity index (χ0v) is 13.2. The van der Waals surface area contributed by atoms with Gasteiger partial charge in [-0.3, -0.25) is 4.79 Å². The first-order chi connectivity index (χ1) is 11.8. The SMILES string of the molecule is C=C=C/C=C\C=C\Oc1ccc(C=O)cc1OC=C=C/C=C\C=C. The normalized spacial score (nSPS) is 10.2. The van der Waals surface area contributed by atoms with E-state index in [2.05, 4.69) is 24.6 Å². The van der Waals surface area contributed by atoms with Gasteiger partial charge in [0.15, 0.2) is 11.5 Å². The highest BCUT2D eigenvalue weighted by molar-refractivity contribution is 5.76. The van der Waals surface area contributed by atoms with E-state index in [-0.39, 0.29) is 0 Å². The summed E-state index contributed by atoms with van der Waals surface area (Å²) in [6.45, 7) is 7.02. The van der Waals surface area contributed by atoms with Crippen molar-refractivity contribution in [2.24, 2.45) is 0 Å². The van der Waals surface area contributed by atoms with E-state index < -0.39 is 0 Å². The summed E-state index contributed by atoms with van der Waals surface area (Å²) in [6.07, 6.45) is 17.4. The number of aldehydes is 1. The van der Waals surface area contributed by atoms with E-state index in [1.165, 1.54) is 12.5 Å². The molecule has 0 unspecified atom stereocenters. The Morgan fingerprint density at radius 3 is 2.54 bits per heavy atom. The molecule has 0 amide bonds. The molecule has 0 atom stereocenters. The van der Waals surface area contributed by atoms with Crippen LogP contribution in [0.2, 0.25) is 0 Å². The molecule has 0 aliphatic carbocycles. The first kappa shape index (κ1) is 18.5. The summed E-state index contributed by atoms with van der Waals surface area (Å²) in [5, 5.41) is 0. The molecule has 120 valence electrons. The van der Waals surface area contributed by atoms with Crippen LogP contribution in [-0.4, -0.2) is 6.29 Å². The minimum absolute atomic E-state index is 0.410. The predicted molar refractivity (Wildman–Crippen MR) is 97.1 cm³/mol. The highest BCUT2D eigenvalue weighted by Gasteiger charge is 2.04. The van der Waals surface area contributed by atoms with Crippen molar-refractivity contribution in [3.05, 3.63) is 110 Å². The Balaban J connectivity index is 2.85. The summed E-state index contributed by atoms with van der Waals surface area (Å²) in [5.41, 5.74) is 5.94. The van der Waals surface area contributed by atoms with Crippen molar-refractivity contribution in [1.82, 2.24) is 0 Å². The molecular formula is C21H18O3. The van der Waals surface area contributed by atoms with Crippen LogP contribution in [0.25, 0.3) is 0 Å². The lowest BCUT2D eigenvalue weighted by Gasteiger charge is -2.07. The Bertz CT molecular complexity index is 751. The Kier molecular flexibility index (Phi) is 9.33. The van der Waals surface area contributed by atoms with Crippen LogP contribution >= 0.6 is 0 Å². The van der Waals surface area contributed by atoms with E-state index in [0.717, 1.165) is 6.29 Å². The highest BCUT2D eigenvalue weighted by atomic mass is 16.5. The van der Waals surface area contributed by atoms with Crippen LogP contribution in [0.4, 0.5) is 0 Å². The molecule has 0 fully saturated rings. The van der Waals surface area contributed by atoms with Crippen molar-refractivity contribution in [2.45, 2.75) is 0 Å². The summed E-state index contributed by atoms with van der Waals surface area (Å²) < 4.78 is 11.0. The van der Waals surface area contributed by atoms with E-state index in [0.29, 0.717) is 17.1 Å². The van der Waals surface area contributed by atoms with Gasteiger partial charge in [-0.1, -0.05) is 49.3 Å². The quantitative estimate of drug-likeness (QED) is 0.276. The summed E-state index contributed by atoms with van der Waals surface area (Å²) in [4.78, 5) is 10.9. The second kappa shape index (κ2) is 12.1. The van der Waals surface area contributed by atoms with Crippen LogP contribution in [0, 0.1) is 0 Å². The number of carbonyl (C=O) groups excluding carboxylic acids is 1. The van der Waals surface area contributed by atoms with Gasteiger partial charge in [-0.15, -0.1) is 5.73 Å². The zero-order chi connectivity index (χ0) is 17.5.